The SMILES string of the molecule is Cn1c(=O)c(C(=O)NCC(=O)OC(C)(C)C)c(O)c2cc(C3C=CCC3)c(C(F)(F)F)nc21. The van der Waals surface area contributed by atoms with Gasteiger partial charge in [0.2, 0.25) is 0 Å². The highest BCUT2D eigenvalue weighted by molar-refractivity contribution is 6.02. The van der Waals surface area contributed by atoms with Gasteiger partial charge in [-0.3, -0.25) is 19.0 Å². The van der Waals surface area contributed by atoms with Gasteiger partial charge in [-0.25, -0.2) is 4.98 Å². The lowest BCUT2D eigenvalue weighted by atomic mass is 9.95. The Morgan fingerprint density at radius 2 is 1.97 bits per heavy atom. The summed E-state index contributed by atoms with van der Waals surface area (Å²) in [5.41, 5.74) is -4.28. The Balaban J connectivity index is 2.09. The first-order chi connectivity index (χ1) is 15.2. The van der Waals surface area contributed by atoms with Gasteiger partial charge in [0, 0.05) is 13.0 Å². The molecule has 0 fully saturated rings. The lowest BCUT2D eigenvalue weighted by molar-refractivity contribution is -0.153. The summed E-state index contributed by atoms with van der Waals surface area (Å²) >= 11 is 0. The molecule has 1 atom stereocenters. The Morgan fingerprint density at radius 3 is 2.52 bits per heavy atom. The number of nitrogens with one attached hydrogen (secondary N) is 1. The lowest BCUT2D eigenvalue weighted by Crippen LogP contribution is -2.38. The molecule has 2 heterocycles. The molecule has 1 aliphatic carbocycles. The van der Waals surface area contributed by atoms with Crippen molar-refractivity contribution in [1.82, 2.24) is 14.9 Å². The quantitative estimate of drug-likeness (QED) is 0.528. The van der Waals surface area contributed by atoms with Crippen molar-refractivity contribution < 1.29 is 32.6 Å². The molecule has 8 nitrogen and oxygen atoms in total. The van der Waals surface area contributed by atoms with E-state index >= 15 is 0 Å². The van der Waals surface area contributed by atoms with Crippen LogP contribution < -0.4 is 10.9 Å². The first-order valence-corrected chi connectivity index (χ1v) is 10.2. The number of hydrogen-bond acceptors (Lipinski definition) is 6. The van der Waals surface area contributed by atoms with E-state index in [0.717, 1.165) is 17.7 Å². The third kappa shape index (κ3) is 5.01. The maximum Gasteiger partial charge on any atom is 0.433 e. The summed E-state index contributed by atoms with van der Waals surface area (Å²) < 4.78 is 47.0. The highest BCUT2D eigenvalue weighted by Crippen LogP contribution is 2.40. The molecule has 33 heavy (non-hydrogen) atoms. The van der Waals surface area contributed by atoms with Gasteiger partial charge in [-0.2, -0.15) is 13.2 Å². The van der Waals surface area contributed by atoms with E-state index in [-0.39, 0.29) is 10.9 Å². The molecule has 0 bridgehead atoms. The van der Waals surface area contributed by atoms with Crippen molar-refractivity contribution in [3.63, 3.8) is 0 Å². The number of fused-ring (bicyclic) bond motifs is 1. The molecule has 0 aliphatic heterocycles. The second-order valence-electron chi connectivity index (χ2n) is 8.76. The van der Waals surface area contributed by atoms with E-state index in [0.29, 0.717) is 12.8 Å². The van der Waals surface area contributed by atoms with Crippen LogP contribution in [0.3, 0.4) is 0 Å². The fourth-order valence-corrected chi connectivity index (χ4v) is 3.67. The van der Waals surface area contributed by atoms with E-state index in [1.165, 1.54) is 0 Å². The number of esters is 1. The number of halogens is 3. The highest BCUT2D eigenvalue weighted by atomic mass is 19.4. The van der Waals surface area contributed by atoms with E-state index in [1.54, 1.807) is 32.9 Å². The molecule has 2 N–H and O–H groups in total. The Morgan fingerprint density at radius 1 is 1.30 bits per heavy atom. The second-order valence-corrected chi connectivity index (χ2v) is 8.76. The van der Waals surface area contributed by atoms with Crippen LogP contribution in [-0.4, -0.2) is 38.7 Å². The fraction of sp³-hybridized carbons (Fsp3) is 0.455. The maximum absolute atomic E-state index is 13.7. The first kappa shape index (κ1) is 24.3. The van der Waals surface area contributed by atoms with Crippen LogP contribution in [0, 0.1) is 0 Å². The summed E-state index contributed by atoms with van der Waals surface area (Å²) in [7, 11) is 1.15. The molecule has 2 aromatic heterocycles. The molecule has 0 saturated heterocycles. The maximum atomic E-state index is 13.7. The van der Waals surface area contributed by atoms with Crippen LogP contribution in [0.1, 0.15) is 61.1 Å². The topological polar surface area (TPSA) is 111 Å². The second kappa shape index (κ2) is 8.53. The zero-order valence-corrected chi connectivity index (χ0v) is 18.5. The van der Waals surface area contributed by atoms with Crippen molar-refractivity contribution in [3.8, 4) is 5.75 Å². The standard InChI is InChI=1S/C22H24F3N3O5/c1-21(2,3)33-14(29)10-26-19(31)15-16(30)13-9-12(11-7-5-6-8-11)17(22(23,24)25)27-18(13)28(4)20(15)32/h5,7,9,11,30H,6,8,10H2,1-4H3,(H,26,31). The summed E-state index contributed by atoms with van der Waals surface area (Å²) in [6.45, 7) is 4.34. The molecule has 3 rings (SSSR count). The van der Waals surface area contributed by atoms with Gasteiger partial charge in [0.15, 0.2) is 5.69 Å². The van der Waals surface area contributed by atoms with Crippen LogP contribution in [0.4, 0.5) is 13.2 Å². The highest BCUT2D eigenvalue weighted by Gasteiger charge is 2.38. The van der Waals surface area contributed by atoms with Gasteiger partial charge < -0.3 is 15.2 Å². The number of alkyl halides is 3. The van der Waals surface area contributed by atoms with Crippen LogP contribution in [0.15, 0.2) is 23.0 Å². The number of carbonyl (C=O) groups is 2. The van der Waals surface area contributed by atoms with Crippen molar-refractivity contribution in [3.05, 3.63) is 45.4 Å². The van der Waals surface area contributed by atoms with Crippen molar-refractivity contribution >= 4 is 22.9 Å². The molecular weight excluding hydrogens is 443 g/mol. The number of pyridine rings is 2. The van der Waals surface area contributed by atoms with Gasteiger partial charge >= 0.3 is 12.1 Å². The molecule has 0 saturated carbocycles. The van der Waals surface area contributed by atoms with Crippen LogP contribution >= 0.6 is 0 Å². The Hall–Kier alpha value is -3.37. The minimum absolute atomic E-state index is 0.155. The number of amides is 1. The average Bonchev–Trinajstić information content (AvgIpc) is 3.22. The number of rotatable bonds is 4. The molecule has 1 aliphatic rings. The number of carbonyl (C=O) groups excluding carboxylic acids is 2. The molecule has 2 aromatic rings. The Kier molecular flexibility index (Phi) is 6.27. The zero-order valence-electron chi connectivity index (χ0n) is 18.5. The fourth-order valence-electron chi connectivity index (χ4n) is 3.67. The number of nitrogens with zero attached hydrogens (tertiary/aromatic N) is 2. The number of aromatic nitrogens is 2. The zero-order chi connectivity index (χ0) is 24.7. The van der Waals surface area contributed by atoms with Crippen molar-refractivity contribution in [1.29, 1.82) is 0 Å². The Labute approximate surface area is 187 Å². The molecule has 178 valence electrons. The third-order valence-electron chi connectivity index (χ3n) is 5.08. The van der Waals surface area contributed by atoms with Gasteiger partial charge in [0.1, 0.15) is 29.1 Å². The van der Waals surface area contributed by atoms with E-state index < -0.39 is 64.3 Å². The molecule has 0 aromatic carbocycles. The molecular formula is C22H24F3N3O5. The summed E-state index contributed by atoms with van der Waals surface area (Å²) in [6.07, 6.45) is -0.366. The number of aryl methyl sites for hydroxylation is 1. The van der Waals surface area contributed by atoms with Gasteiger partial charge in [-0.15, -0.1) is 0 Å². The van der Waals surface area contributed by atoms with E-state index in [9.17, 15) is 32.7 Å². The van der Waals surface area contributed by atoms with Gasteiger partial charge in [0.25, 0.3) is 11.5 Å². The summed E-state index contributed by atoms with van der Waals surface area (Å²) in [4.78, 5) is 40.9. The minimum atomic E-state index is -4.78. The van der Waals surface area contributed by atoms with Gasteiger partial charge in [-0.05, 0) is 45.2 Å². The van der Waals surface area contributed by atoms with Crippen LogP contribution in [0.25, 0.3) is 11.0 Å². The largest absolute Gasteiger partial charge is 0.506 e. The van der Waals surface area contributed by atoms with E-state index in [2.05, 4.69) is 10.3 Å². The first-order valence-electron chi connectivity index (χ1n) is 10.2. The summed E-state index contributed by atoms with van der Waals surface area (Å²) in [5.74, 6) is -3.21. The summed E-state index contributed by atoms with van der Waals surface area (Å²) in [6, 6.07) is 1.12. The number of allylic oxidation sites excluding steroid dienone is 2. The van der Waals surface area contributed by atoms with Crippen LogP contribution in [0.5, 0.6) is 5.75 Å². The average molecular weight is 467 g/mol. The Bertz CT molecular complexity index is 1210. The minimum Gasteiger partial charge on any atom is -0.506 e. The number of aromatic hydroxyl groups is 1. The van der Waals surface area contributed by atoms with Crippen molar-refractivity contribution in [2.24, 2.45) is 7.05 Å². The lowest BCUT2D eigenvalue weighted by Gasteiger charge is -2.20. The van der Waals surface area contributed by atoms with Gasteiger partial charge in [0.05, 0.1) is 5.39 Å². The normalized spacial score (nSPS) is 16.3. The third-order valence-corrected chi connectivity index (χ3v) is 5.08. The molecule has 0 spiro atoms. The van der Waals surface area contributed by atoms with E-state index in [4.69, 9.17) is 4.74 Å². The molecule has 0 radical (unpaired) electrons. The predicted molar refractivity (Wildman–Crippen MR) is 113 cm³/mol. The van der Waals surface area contributed by atoms with E-state index in [1.807, 2.05) is 0 Å². The number of ether oxygens (including phenoxy) is 1. The van der Waals surface area contributed by atoms with Crippen molar-refractivity contribution in [2.75, 3.05) is 6.54 Å². The van der Waals surface area contributed by atoms with Crippen LogP contribution in [0.2, 0.25) is 0 Å². The monoisotopic (exact) mass is 467 g/mol. The smallest absolute Gasteiger partial charge is 0.433 e. The van der Waals surface area contributed by atoms with Gasteiger partial charge in [-0.1, -0.05) is 12.2 Å². The molecule has 11 heteroatoms. The predicted octanol–water partition coefficient (Wildman–Crippen LogP) is 3.16. The van der Waals surface area contributed by atoms with Crippen LogP contribution in [-0.2, 0) is 22.8 Å². The molecule has 1 amide bonds. The van der Waals surface area contributed by atoms with Crippen molar-refractivity contribution in [2.45, 2.75) is 51.3 Å². The molecule has 1 unspecified atom stereocenters. The summed E-state index contributed by atoms with van der Waals surface area (Å²) in [5, 5.41) is 12.7. The number of hydrogen-bond donors (Lipinski definition) is 2.